The van der Waals surface area contributed by atoms with Crippen molar-refractivity contribution in [1.82, 2.24) is 5.32 Å². The van der Waals surface area contributed by atoms with Gasteiger partial charge in [0.2, 0.25) is 0 Å². The number of rotatable bonds is 3. The van der Waals surface area contributed by atoms with Gasteiger partial charge in [-0.1, -0.05) is 0 Å². The number of hydrogen-bond acceptors (Lipinski definition) is 4. The van der Waals surface area contributed by atoms with Crippen LogP contribution in [0.15, 0.2) is 11.1 Å². The molecule has 2 nitrogen and oxygen atoms in total. The highest BCUT2D eigenvalue weighted by molar-refractivity contribution is 8.12. The van der Waals surface area contributed by atoms with Gasteiger partial charge in [-0.3, -0.25) is 5.32 Å². The molecule has 0 aliphatic carbocycles. The molecule has 0 heterocycles. The molecule has 0 aromatic heterocycles. The molecule has 0 saturated carbocycles. The standard InChI is InChI=1S/C5H12N2S2/c1-4(6)3-9-5(8)7-2/h3,5,7-8H,6H2,1-2H3/b4-3-. The summed E-state index contributed by atoms with van der Waals surface area (Å²) in [6.07, 6.45) is 0. The van der Waals surface area contributed by atoms with Gasteiger partial charge in [0.05, 0.1) is 0 Å². The van der Waals surface area contributed by atoms with Crippen molar-refractivity contribution in [3.8, 4) is 0 Å². The highest BCUT2D eigenvalue weighted by Gasteiger charge is 1.93. The molecular formula is C5H12N2S2. The summed E-state index contributed by atoms with van der Waals surface area (Å²) < 4.78 is 0.142. The Hall–Kier alpha value is 0.200. The molecule has 0 aliphatic rings. The zero-order valence-corrected chi connectivity index (χ0v) is 7.30. The number of thioether (sulfide) groups is 1. The third-order valence-electron chi connectivity index (χ3n) is 0.630. The minimum Gasteiger partial charge on any atom is -0.402 e. The number of hydrogen-bond donors (Lipinski definition) is 3. The molecule has 0 rings (SSSR count). The van der Waals surface area contributed by atoms with E-state index in [9.17, 15) is 0 Å². The largest absolute Gasteiger partial charge is 0.402 e. The van der Waals surface area contributed by atoms with Gasteiger partial charge < -0.3 is 5.73 Å². The Labute approximate surface area is 65.7 Å². The lowest BCUT2D eigenvalue weighted by Crippen LogP contribution is -2.13. The van der Waals surface area contributed by atoms with Crippen LogP contribution in [0, 0.1) is 0 Å². The van der Waals surface area contributed by atoms with Gasteiger partial charge in [-0.15, -0.1) is 24.4 Å². The molecule has 0 fully saturated rings. The van der Waals surface area contributed by atoms with Crippen molar-refractivity contribution in [1.29, 1.82) is 0 Å². The lowest BCUT2D eigenvalue weighted by molar-refractivity contribution is 0.943. The zero-order chi connectivity index (χ0) is 7.28. The Kier molecular flexibility index (Phi) is 5.13. The summed E-state index contributed by atoms with van der Waals surface area (Å²) in [5.41, 5.74) is 6.19. The first-order chi connectivity index (χ1) is 4.16. The van der Waals surface area contributed by atoms with E-state index in [1.165, 1.54) is 0 Å². The molecule has 0 aromatic rings. The third-order valence-corrected chi connectivity index (χ3v) is 2.25. The quantitative estimate of drug-likeness (QED) is 0.430. The molecule has 54 valence electrons. The Bertz CT molecular complexity index is 99.1. The van der Waals surface area contributed by atoms with Crippen molar-refractivity contribution in [2.45, 2.75) is 11.6 Å². The van der Waals surface area contributed by atoms with Crippen LogP contribution in [0.5, 0.6) is 0 Å². The molecule has 0 saturated heterocycles. The van der Waals surface area contributed by atoms with Crippen molar-refractivity contribution >= 4 is 24.4 Å². The van der Waals surface area contributed by atoms with Gasteiger partial charge in [0.15, 0.2) is 0 Å². The van der Waals surface area contributed by atoms with Gasteiger partial charge in [0, 0.05) is 5.70 Å². The Morgan fingerprint density at radius 3 is 2.78 bits per heavy atom. The van der Waals surface area contributed by atoms with Gasteiger partial charge in [-0.05, 0) is 19.4 Å². The Morgan fingerprint density at radius 1 is 1.89 bits per heavy atom. The van der Waals surface area contributed by atoms with E-state index in [-0.39, 0.29) is 4.71 Å². The summed E-state index contributed by atoms with van der Waals surface area (Å²) in [4.78, 5) is 0. The van der Waals surface area contributed by atoms with Crippen molar-refractivity contribution in [3.63, 3.8) is 0 Å². The van der Waals surface area contributed by atoms with Crippen molar-refractivity contribution in [3.05, 3.63) is 11.1 Å². The second kappa shape index (κ2) is 5.02. The lowest BCUT2D eigenvalue weighted by atomic mass is 10.6. The fourth-order valence-corrected chi connectivity index (χ4v) is 0.902. The maximum absolute atomic E-state index is 5.37. The van der Waals surface area contributed by atoms with E-state index in [1.54, 1.807) is 11.8 Å². The van der Waals surface area contributed by atoms with Gasteiger partial charge in [0.1, 0.15) is 4.71 Å². The average molecular weight is 164 g/mol. The molecule has 1 atom stereocenters. The van der Waals surface area contributed by atoms with E-state index in [1.807, 2.05) is 19.4 Å². The summed E-state index contributed by atoms with van der Waals surface area (Å²) in [5.74, 6) is 0. The third kappa shape index (κ3) is 6.08. The van der Waals surface area contributed by atoms with Crippen LogP contribution in [-0.4, -0.2) is 11.8 Å². The molecular weight excluding hydrogens is 152 g/mol. The normalized spacial score (nSPS) is 15.7. The van der Waals surface area contributed by atoms with Crippen LogP contribution < -0.4 is 11.1 Å². The molecule has 0 bridgehead atoms. The first-order valence-corrected chi connectivity index (χ1v) is 4.05. The van der Waals surface area contributed by atoms with Gasteiger partial charge in [-0.25, -0.2) is 0 Å². The highest BCUT2D eigenvalue weighted by Crippen LogP contribution is 2.12. The maximum Gasteiger partial charge on any atom is 0.101 e. The fourth-order valence-electron chi connectivity index (χ4n) is 0.240. The molecule has 0 radical (unpaired) electrons. The monoisotopic (exact) mass is 164 g/mol. The minimum absolute atomic E-state index is 0.142. The van der Waals surface area contributed by atoms with E-state index < -0.39 is 0 Å². The van der Waals surface area contributed by atoms with E-state index in [4.69, 9.17) is 5.73 Å². The first-order valence-electron chi connectivity index (χ1n) is 2.60. The highest BCUT2D eigenvalue weighted by atomic mass is 32.2. The smallest absolute Gasteiger partial charge is 0.101 e. The van der Waals surface area contributed by atoms with Crippen LogP contribution in [-0.2, 0) is 0 Å². The van der Waals surface area contributed by atoms with Crippen molar-refractivity contribution < 1.29 is 0 Å². The average Bonchev–Trinajstić information content (AvgIpc) is 1.83. The van der Waals surface area contributed by atoms with E-state index >= 15 is 0 Å². The van der Waals surface area contributed by atoms with Crippen LogP contribution >= 0.6 is 24.4 Å². The summed E-state index contributed by atoms with van der Waals surface area (Å²) in [7, 11) is 1.85. The number of allylic oxidation sites excluding steroid dienone is 1. The minimum atomic E-state index is 0.142. The van der Waals surface area contributed by atoms with Crippen molar-refractivity contribution in [2.75, 3.05) is 7.05 Å². The van der Waals surface area contributed by atoms with E-state index in [2.05, 4.69) is 17.9 Å². The van der Waals surface area contributed by atoms with Crippen LogP contribution in [0.1, 0.15) is 6.92 Å². The second-order valence-electron chi connectivity index (χ2n) is 1.64. The Balaban J connectivity index is 3.37. The fraction of sp³-hybridized carbons (Fsp3) is 0.600. The zero-order valence-electron chi connectivity index (χ0n) is 5.59. The van der Waals surface area contributed by atoms with Crippen LogP contribution in [0.2, 0.25) is 0 Å². The summed E-state index contributed by atoms with van der Waals surface area (Å²) >= 11 is 5.71. The molecule has 0 aliphatic heterocycles. The summed E-state index contributed by atoms with van der Waals surface area (Å²) in [6.45, 7) is 1.85. The van der Waals surface area contributed by atoms with Gasteiger partial charge in [-0.2, -0.15) is 0 Å². The topological polar surface area (TPSA) is 38.0 Å². The summed E-state index contributed by atoms with van der Waals surface area (Å²) in [5, 5.41) is 4.82. The predicted molar refractivity (Wildman–Crippen MR) is 47.4 cm³/mol. The van der Waals surface area contributed by atoms with Crippen LogP contribution in [0.25, 0.3) is 0 Å². The molecule has 0 aromatic carbocycles. The SMILES string of the molecule is CNC(S)S/C=C(/C)N. The second-order valence-corrected chi connectivity index (χ2v) is 3.48. The van der Waals surface area contributed by atoms with E-state index in [0.717, 1.165) is 5.70 Å². The maximum atomic E-state index is 5.37. The predicted octanol–water partition coefficient (Wildman–Crippen LogP) is 0.972. The van der Waals surface area contributed by atoms with Gasteiger partial charge in [0.25, 0.3) is 0 Å². The number of nitrogens with one attached hydrogen (secondary N) is 1. The number of thiol groups is 1. The summed E-state index contributed by atoms with van der Waals surface area (Å²) in [6, 6.07) is 0. The first kappa shape index (κ1) is 9.20. The number of nitrogens with two attached hydrogens (primary N) is 1. The molecule has 9 heavy (non-hydrogen) atoms. The van der Waals surface area contributed by atoms with Gasteiger partial charge >= 0.3 is 0 Å². The Morgan fingerprint density at radius 2 is 2.44 bits per heavy atom. The van der Waals surface area contributed by atoms with Crippen molar-refractivity contribution in [2.24, 2.45) is 5.73 Å². The molecule has 3 N–H and O–H groups in total. The molecule has 0 amide bonds. The van der Waals surface area contributed by atoms with Crippen LogP contribution in [0.3, 0.4) is 0 Å². The molecule has 0 spiro atoms. The lowest BCUT2D eigenvalue weighted by Gasteiger charge is -2.03. The van der Waals surface area contributed by atoms with E-state index in [0.29, 0.717) is 0 Å². The van der Waals surface area contributed by atoms with Crippen LogP contribution in [0.4, 0.5) is 0 Å². The molecule has 4 heteroatoms. The molecule has 1 unspecified atom stereocenters.